The predicted molar refractivity (Wildman–Crippen MR) is 79.7 cm³/mol. The number of carbonyl (C=O) groups excluding carboxylic acids is 1. The number of fused-ring (bicyclic) bond motifs is 5. The van der Waals surface area contributed by atoms with Crippen molar-refractivity contribution in [1.29, 1.82) is 0 Å². The lowest BCUT2D eigenvalue weighted by atomic mass is 9.45. The topological polar surface area (TPSA) is 42.1 Å². The van der Waals surface area contributed by atoms with E-state index >= 15 is 0 Å². The molecule has 0 aromatic rings. The number of rotatable bonds is 0. The summed E-state index contributed by atoms with van der Waals surface area (Å²) in [5.74, 6) is 3.25. The van der Waals surface area contributed by atoms with Gasteiger partial charge in [0.2, 0.25) is 11.6 Å². The van der Waals surface area contributed by atoms with Crippen molar-refractivity contribution in [3.05, 3.63) is 0 Å². The highest BCUT2D eigenvalue weighted by atomic mass is 17.0. The van der Waals surface area contributed by atoms with Crippen LogP contribution in [0.1, 0.15) is 65.2 Å². The van der Waals surface area contributed by atoms with Crippen LogP contribution in [0.3, 0.4) is 0 Å². The molecule has 0 radical (unpaired) electrons. The van der Waals surface area contributed by atoms with E-state index < -0.39 is 0 Å². The predicted octanol–water partition coefficient (Wildman–Crippen LogP) is 3.66. The fraction of sp³-hybridized carbons (Fsp3) is 0.947. The number of carbonyl (C=O) groups is 1. The van der Waals surface area contributed by atoms with E-state index in [-0.39, 0.29) is 17.0 Å². The number of ether oxygens (including phenoxy) is 2. The van der Waals surface area contributed by atoms with E-state index in [0.29, 0.717) is 17.1 Å². The first-order valence-electron chi connectivity index (χ1n) is 9.36. The third-order valence-corrected chi connectivity index (χ3v) is 9.06. The second-order valence-corrected chi connectivity index (χ2v) is 9.67. The van der Waals surface area contributed by atoms with Crippen LogP contribution >= 0.6 is 0 Å². The molecule has 3 nitrogen and oxygen atoms in total. The minimum Gasteiger partial charge on any atom is -0.307 e. The van der Waals surface area contributed by atoms with Crippen LogP contribution in [0.4, 0.5) is 0 Å². The molecular weight excluding hydrogens is 276 g/mol. The van der Waals surface area contributed by atoms with Gasteiger partial charge in [0.05, 0.1) is 0 Å². The Bertz CT molecular complexity index is 591. The molecule has 6 fully saturated rings. The zero-order chi connectivity index (χ0) is 15.0. The van der Waals surface area contributed by atoms with Crippen molar-refractivity contribution in [2.75, 3.05) is 0 Å². The standard InChI is InChI=1S/C19H26O3/c1-16-8-7-14-12(13(16)5-6-15(16)20)4-3-11-9-18-19(21-18,22-18)10-17(11,14)2/h11-14H,3-10H2,1-2H3/t11-,12-,13-,14-,16-,17-,18?,19?/m0/s1. The summed E-state index contributed by atoms with van der Waals surface area (Å²) in [7, 11) is 0. The van der Waals surface area contributed by atoms with Crippen molar-refractivity contribution in [2.45, 2.75) is 76.8 Å². The van der Waals surface area contributed by atoms with Crippen LogP contribution in [0.5, 0.6) is 0 Å². The van der Waals surface area contributed by atoms with Gasteiger partial charge in [-0.25, -0.2) is 0 Å². The number of Topliss-reactive ketones (excluding diaryl/α,β-unsaturated/α-hetero) is 1. The minimum atomic E-state index is -0.160. The summed E-state index contributed by atoms with van der Waals surface area (Å²) in [6.07, 6.45) is 9.27. The monoisotopic (exact) mass is 302 g/mol. The van der Waals surface area contributed by atoms with Crippen LogP contribution < -0.4 is 0 Å². The van der Waals surface area contributed by atoms with Gasteiger partial charge >= 0.3 is 0 Å². The summed E-state index contributed by atoms with van der Waals surface area (Å²) in [6, 6.07) is 0. The minimum absolute atomic E-state index is 0.00718. The molecule has 3 heteroatoms. The fourth-order valence-electron chi connectivity index (χ4n) is 7.68. The number of ketones is 1. The van der Waals surface area contributed by atoms with Crippen molar-refractivity contribution in [1.82, 2.24) is 0 Å². The second kappa shape index (κ2) is 3.35. The highest BCUT2D eigenvalue weighted by molar-refractivity contribution is 5.87. The quantitative estimate of drug-likeness (QED) is 0.641. The van der Waals surface area contributed by atoms with E-state index in [1.54, 1.807) is 0 Å². The molecule has 6 aliphatic rings. The third-order valence-electron chi connectivity index (χ3n) is 9.06. The average Bonchev–Trinajstić information content (AvgIpc) is 3.23. The van der Waals surface area contributed by atoms with Gasteiger partial charge in [0, 0.05) is 24.7 Å². The Hall–Kier alpha value is -0.410. The SMILES string of the molecule is C[C@]12CC34OC3(C[C@@H]1CC[C@@H]1[C@@H]2CC[C@]2(C)C(=O)CC[C@@H]12)O4. The maximum atomic E-state index is 12.4. The second-order valence-electron chi connectivity index (χ2n) is 9.67. The maximum Gasteiger partial charge on any atom is 0.229 e. The molecule has 4 aliphatic carbocycles. The Morgan fingerprint density at radius 2 is 1.82 bits per heavy atom. The molecule has 0 spiro atoms. The zero-order valence-corrected chi connectivity index (χ0v) is 13.7. The molecule has 0 aromatic heterocycles. The third kappa shape index (κ3) is 1.18. The van der Waals surface area contributed by atoms with Crippen molar-refractivity contribution in [2.24, 2.45) is 34.5 Å². The molecule has 0 N–H and O–H groups in total. The summed E-state index contributed by atoms with van der Waals surface area (Å²) in [6.45, 7) is 4.80. The van der Waals surface area contributed by atoms with E-state index in [4.69, 9.17) is 9.47 Å². The van der Waals surface area contributed by atoms with Crippen LogP contribution in [-0.2, 0) is 14.3 Å². The summed E-state index contributed by atoms with van der Waals surface area (Å²) in [4.78, 5) is 12.4. The van der Waals surface area contributed by atoms with Gasteiger partial charge in [-0.3, -0.25) is 4.79 Å². The van der Waals surface area contributed by atoms with Crippen LogP contribution in [0.2, 0.25) is 0 Å². The van der Waals surface area contributed by atoms with Gasteiger partial charge in [-0.15, -0.1) is 0 Å². The van der Waals surface area contributed by atoms with Crippen molar-refractivity contribution in [3.8, 4) is 0 Å². The van der Waals surface area contributed by atoms with Gasteiger partial charge in [-0.05, 0) is 61.2 Å². The highest BCUT2D eigenvalue weighted by Crippen LogP contribution is 2.81. The van der Waals surface area contributed by atoms with Gasteiger partial charge in [0.1, 0.15) is 5.78 Å². The molecule has 0 amide bonds. The molecule has 0 bridgehead atoms. The Morgan fingerprint density at radius 3 is 2.64 bits per heavy atom. The van der Waals surface area contributed by atoms with Crippen LogP contribution in [-0.4, -0.2) is 17.4 Å². The molecule has 6 rings (SSSR count). The highest BCUT2D eigenvalue weighted by Gasteiger charge is 2.94. The molecule has 120 valence electrons. The lowest BCUT2D eigenvalue weighted by Gasteiger charge is -2.58. The Balaban J connectivity index is 1.37. The van der Waals surface area contributed by atoms with Crippen molar-refractivity contribution in [3.63, 3.8) is 0 Å². The lowest BCUT2D eigenvalue weighted by Crippen LogP contribution is -2.53. The van der Waals surface area contributed by atoms with Gasteiger partial charge in [-0.2, -0.15) is 0 Å². The van der Waals surface area contributed by atoms with E-state index in [1.165, 1.54) is 19.3 Å². The van der Waals surface area contributed by atoms with E-state index in [9.17, 15) is 4.79 Å². The molecule has 4 saturated carbocycles. The van der Waals surface area contributed by atoms with Crippen molar-refractivity contribution < 1.29 is 14.3 Å². The molecule has 2 saturated heterocycles. The maximum absolute atomic E-state index is 12.4. The average molecular weight is 302 g/mol. The van der Waals surface area contributed by atoms with Crippen molar-refractivity contribution >= 4 is 5.78 Å². The molecule has 2 aliphatic heterocycles. The molecule has 0 unspecified atom stereocenters. The normalized spacial score (nSPS) is 67.5. The van der Waals surface area contributed by atoms with Gasteiger partial charge in [0.15, 0.2) is 0 Å². The molecule has 2 heterocycles. The smallest absolute Gasteiger partial charge is 0.229 e. The lowest BCUT2D eigenvalue weighted by molar-refractivity contribution is -0.139. The Morgan fingerprint density at radius 1 is 1.00 bits per heavy atom. The number of epoxide rings is 2. The van der Waals surface area contributed by atoms with E-state index in [1.807, 2.05) is 0 Å². The van der Waals surface area contributed by atoms with E-state index in [0.717, 1.165) is 49.9 Å². The number of hydrogen-bond donors (Lipinski definition) is 0. The molecule has 22 heavy (non-hydrogen) atoms. The Kier molecular flexibility index (Phi) is 1.97. The first-order valence-corrected chi connectivity index (χ1v) is 9.36. The zero-order valence-electron chi connectivity index (χ0n) is 13.7. The van der Waals surface area contributed by atoms with Gasteiger partial charge in [-0.1, -0.05) is 13.8 Å². The summed E-state index contributed by atoms with van der Waals surface area (Å²) < 4.78 is 11.9. The first kappa shape index (κ1) is 12.9. The van der Waals surface area contributed by atoms with Gasteiger partial charge in [0.25, 0.3) is 0 Å². The molecule has 0 aromatic carbocycles. The van der Waals surface area contributed by atoms with Crippen LogP contribution in [0, 0.1) is 34.5 Å². The first-order chi connectivity index (χ1) is 10.4. The largest absolute Gasteiger partial charge is 0.307 e. The molecule has 6 atom stereocenters. The molecular formula is C19H26O3. The fourth-order valence-corrected chi connectivity index (χ4v) is 7.68. The van der Waals surface area contributed by atoms with E-state index in [2.05, 4.69) is 13.8 Å². The summed E-state index contributed by atoms with van der Waals surface area (Å²) in [5, 5.41) is 0. The number of hydrogen-bond acceptors (Lipinski definition) is 3. The van der Waals surface area contributed by atoms with Crippen LogP contribution in [0.25, 0.3) is 0 Å². The summed E-state index contributed by atoms with van der Waals surface area (Å²) >= 11 is 0. The van der Waals surface area contributed by atoms with Crippen LogP contribution in [0.15, 0.2) is 0 Å². The van der Waals surface area contributed by atoms with Gasteiger partial charge < -0.3 is 9.47 Å². The summed E-state index contributed by atoms with van der Waals surface area (Å²) in [5.41, 5.74) is 0.389. The Labute approximate surface area is 132 Å².